The van der Waals surface area contributed by atoms with Crippen molar-refractivity contribution in [3.8, 4) is 17.1 Å². The van der Waals surface area contributed by atoms with Crippen LogP contribution in [0, 0.1) is 0 Å². The van der Waals surface area contributed by atoms with Crippen LogP contribution in [-0.2, 0) is 11.2 Å². The lowest BCUT2D eigenvalue weighted by Gasteiger charge is -2.23. The van der Waals surface area contributed by atoms with Crippen molar-refractivity contribution in [1.29, 1.82) is 0 Å². The van der Waals surface area contributed by atoms with Crippen molar-refractivity contribution in [2.24, 2.45) is 0 Å². The Labute approximate surface area is 137 Å². The third-order valence-corrected chi connectivity index (χ3v) is 4.47. The second-order valence-electron chi connectivity index (χ2n) is 6.06. The SMILES string of the molecule is COCCc1nc(-c2ccc(OC)cc2)n(C2CCCCC2)n1. The van der Waals surface area contributed by atoms with E-state index in [-0.39, 0.29) is 0 Å². The van der Waals surface area contributed by atoms with Gasteiger partial charge in [0.1, 0.15) is 5.75 Å². The summed E-state index contributed by atoms with van der Waals surface area (Å²) in [5.41, 5.74) is 1.09. The number of hydrogen-bond acceptors (Lipinski definition) is 4. The molecule has 0 N–H and O–H groups in total. The zero-order valence-electron chi connectivity index (χ0n) is 14.0. The zero-order valence-corrected chi connectivity index (χ0v) is 14.0. The van der Waals surface area contributed by atoms with Gasteiger partial charge < -0.3 is 9.47 Å². The van der Waals surface area contributed by atoms with Crippen molar-refractivity contribution in [2.45, 2.75) is 44.6 Å². The molecule has 124 valence electrons. The van der Waals surface area contributed by atoms with E-state index in [1.54, 1.807) is 14.2 Å². The molecule has 5 heteroatoms. The van der Waals surface area contributed by atoms with E-state index in [1.165, 1.54) is 32.1 Å². The van der Waals surface area contributed by atoms with Gasteiger partial charge in [0.2, 0.25) is 0 Å². The maximum atomic E-state index is 5.25. The molecule has 0 atom stereocenters. The van der Waals surface area contributed by atoms with Crippen molar-refractivity contribution >= 4 is 0 Å². The Kier molecular flexibility index (Phi) is 5.28. The van der Waals surface area contributed by atoms with E-state index in [0.717, 1.165) is 29.4 Å². The highest BCUT2D eigenvalue weighted by Crippen LogP contribution is 2.31. The first-order valence-corrected chi connectivity index (χ1v) is 8.40. The molecular weight excluding hydrogens is 290 g/mol. The third kappa shape index (κ3) is 3.72. The van der Waals surface area contributed by atoms with Gasteiger partial charge in [0.05, 0.1) is 19.8 Å². The second kappa shape index (κ2) is 7.59. The molecule has 1 saturated carbocycles. The van der Waals surface area contributed by atoms with E-state index in [1.807, 2.05) is 12.1 Å². The molecule has 1 aromatic carbocycles. The maximum absolute atomic E-state index is 5.25. The first-order valence-electron chi connectivity index (χ1n) is 8.40. The summed E-state index contributed by atoms with van der Waals surface area (Å²) in [7, 11) is 3.39. The number of aromatic nitrogens is 3. The number of methoxy groups -OCH3 is 2. The molecule has 0 bridgehead atoms. The van der Waals surface area contributed by atoms with Crippen LogP contribution in [0.2, 0.25) is 0 Å². The normalized spacial score (nSPS) is 15.7. The topological polar surface area (TPSA) is 49.2 Å². The van der Waals surface area contributed by atoms with Crippen LogP contribution in [0.5, 0.6) is 5.75 Å². The van der Waals surface area contributed by atoms with Gasteiger partial charge in [0, 0.05) is 19.1 Å². The summed E-state index contributed by atoms with van der Waals surface area (Å²) in [6.07, 6.45) is 7.02. The van der Waals surface area contributed by atoms with Gasteiger partial charge in [0.25, 0.3) is 0 Å². The van der Waals surface area contributed by atoms with E-state index in [2.05, 4.69) is 16.8 Å². The molecule has 0 aliphatic heterocycles. The number of ether oxygens (including phenoxy) is 2. The summed E-state index contributed by atoms with van der Waals surface area (Å²) in [5, 5.41) is 4.78. The monoisotopic (exact) mass is 315 g/mol. The van der Waals surface area contributed by atoms with Crippen LogP contribution in [0.15, 0.2) is 24.3 Å². The molecule has 1 aliphatic rings. The quantitative estimate of drug-likeness (QED) is 0.816. The summed E-state index contributed by atoms with van der Waals surface area (Å²) in [5.74, 6) is 2.69. The molecular formula is C18H25N3O2. The van der Waals surface area contributed by atoms with Gasteiger partial charge in [-0.25, -0.2) is 9.67 Å². The molecule has 0 unspecified atom stereocenters. The van der Waals surface area contributed by atoms with Crippen LogP contribution < -0.4 is 4.74 Å². The summed E-state index contributed by atoms with van der Waals surface area (Å²) in [6, 6.07) is 8.53. The number of rotatable bonds is 6. The fourth-order valence-electron chi connectivity index (χ4n) is 3.18. The standard InChI is InChI=1S/C18H25N3O2/c1-22-13-12-17-19-18(14-8-10-16(23-2)11-9-14)21(20-17)15-6-4-3-5-7-15/h8-11,15H,3-7,12-13H2,1-2H3. The Balaban J connectivity index is 1.92. The van der Waals surface area contributed by atoms with Gasteiger partial charge in [0.15, 0.2) is 11.6 Å². The van der Waals surface area contributed by atoms with Crippen molar-refractivity contribution in [2.75, 3.05) is 20.8 Å². The first-order chi connectivity index (χ1) is 11.3. The predicted octanol–water partition coefficient (Wildman–Crippen LogP) is 3.65. The average molecular weight is 315 g/mol. The van der Waals surface area contributed by atoms with E-state index < -0.39 is 0 Å². The van der Waals surface area contributed by atoms with Gasteiger partial charge in [-0.1, -0.05) is 19.3 Å². The molecule has 5 nitrogen and oxygen atoms in total. The minimum absolute atomic E-state index is 0.463. The first kappa shape index (κ1) is 16.0. The second-order valence-corrected chi connectivity index (χ2v) is 6.06. The fraction of sp³-hybridized carbons (Fsp3) is 0.556. The Morgan fingerprint density at radius 1 is 1.09 bits per heavy atom. The minimum atomic E-state index is 0.463. The van der Waals surface area contributed by atoms with Crippen molar-refractivity contribution in [3.63, 3.8) is 0 Å². The molecule has 2 aromatic rings. The Hall–Kier alpha value is -1.88. The summed E-state index contributed by atoms with van der Waals surface area (Å²) >= 11 is 0. The van der Waals surface area contributed by atoms with Crippen LogP contribution >= 0.6 is 0 Å². The Morgan fingerprint density at radius 2 is 1.83 bits per heavy atom. The number of nitrogens with zero attached hydrogens (tertiary/aromatic N) is 3. The number of benzene rings is 1. The zero-order chi connectivity index (χ0) is 16.1. The lowest BCUT2D eigenvalue weighted by atomic mass is 9.95. The Morgan fingerprint density at radius 3 is 2.48 bits per heavy atom. The van der Waals surface area contributed by atoms with Crippen LogP contribution in [-0.4, -0.2) is 35.6 Å². The van der Waals surface area contributed by atoms with Crippen LogP contribution in [0.1, 0.15) is 44.0 Å². The largest absolute Gasteiger partial charge is 0.497 e. The van der Waals surface area contributed by atoms with Gasteiger partial charge in [-0.2, -0.15) is 5.10 Å². The molecule has 0 spiro atoms. The highest BCUT2D eigenvalue weighted by molar-refractivity contribution is 5.56. The van der Waals surface area contributed by atoms with Crippen LogP contribution in [0.3, 0.4) is 0 Å². The van der Waals surface area contributed by atoms with Gasteiger partial charge in [-0.3, -0.25) is 0 Å². The fourth-order valence-corrected chi connectivity index (χ4v) is 3.18. The molecule has 1 aliphatic carbocycles. The molecule has 23 heavy (non-hydrogen) atoms. The summed E-state index contributed by atoms with van der Waals surface area (Å²) in [4.78, 5) is 4.78. The van der Waals surface area contributed by atoms with Gasteiger partial charge in [-0.05, 0) is 37.1 Å². The van der Waals surface area contributed by atoms with E-state index >= 15 is 0 Å². The van der Waals surface area contributed by atoms with E-state index in [0.29, 0.717) is 12.6 Å². The molecule has 0 saturated heterocycles. The maximum Gasteiger partial charge on any atom is 0.158 e. The smallest absolute Gasteiger partial charge is 0.158 e. The van der Waals surface area contributed by atoms with Crippen LogP contribution in [0.4, 0.5) is 0 Å². The molecule has 1 aromatic heterocycles. The number of hydrogen-bond donors (Lipinski definition) is 0. The predicted molar refractivity (Wildman–Crippen MR) is 89.7 cm³/mol. The highest BCUT2D eigenvalue weighted by Gasteiger charge is 2.21. The molecule has 0 radical (unpaired) electrons. The van der Waals surface area contributed by atoms with E-state index in [4.69, 9.17) is 19.6 Å². The lowest BCUT2D eigenvalue weighted by molar-refractivity contribution is 0.200. The Bertz CT molecular complexity index is 616. The highest BCUT2D eigenvalue weighted by atomic mass is 16.5. The molecule has 1 fully saturated rings. The van der Waals surface area contributed by atoms with Crippen molar-refractivity contribution < 1.29 is 9.47 Å². The van der Waals surface area contributed by atoms with E-state index in [9.17, 15) is 0 Å². The molecule has 0 amide bonds. The molecule has 3 rings (SSSR count). The van der Waals surface area contributed by atoms with Crippen molar-refractivity contribution in [1.82, 2.24) is 14.8 Å². The van der Waals surface area contributed by atoms with Crippen molar-refractivity contribution in [3.05, 3.63) is 30.1 Å². The molecule has 1 heterocycles. The third-order valence-electron chi connectivity index (χ3n) is 4.47. The average Bonchev–Trinajstić information content (AvgIpc) is 3.05. The van der Waals surface area contributed by atoms with Crippen LogP contribution in [0.25, 0.3) is 11.4 Å². The van der Waals surface area contributed by atoms with Gasteiger partial charge >= 0.3 is 0 Å². The summed E-state index contributed by atoms with van der Waals surface area (Å²) < 4.78 is 12.6. The lowest BCUT2D eigenvalue weighted by Crippen LogP contribution is -2.15. The van der Waals surface area contributed by atoms with Gasteiger partial charge in [-0.15, -0.1) is 0 Å². The summed E-state index contributed by atoms with van der Waals surface area (Å²) in [6.45, 7) is 0.650. The minimum Gasteiger partial charge on any atom is -0.497 e.